The number of rotatable bonds is 3. The van der Waals surface area contributed by atoms with Gasteiger partial charge in [-0.1, -0.05) is 32.9 Å². The molecule has 4 heteroatoms. The van der Waals surface area contributed by atoms with Gasteiger partial charge in [0.1, 0.15) is 0 Å². The molecule has 1 aliphatic carbocycles. The van der Waals surface area contributed by atoms with Crippen molar-refractivity contribution in [2.45, 2.75) is 51.9 Å². The monoisotopic (exact) mass is 338 g/mol. The van der Waals surface area contributed by atoms with Gasteiger partial charge in [0.2, 0.25) is 0 Å². The Morgan fingerprint density at radius 2 is 1.80 bits per heavy atom. The maximum atomic E-state index is 12.6. The number of amides is 1. The molecule has 0 atom stereocenters. The first kappa shape index (κ1) is 17.5. The Kier molecular flexibility index (Phi) is 4.80. The van der Waals surface area contributed by atoms with Gasteiger partial charge in [-0.2, -0.15) is 0 Å². The lowest BCUT2D eigenvalue weighted by molar-refractivity contribution is 0.102. The Morgan fingerprint density at radius 1 is 1.12 bits per heavy atom. The quantitative estimate of drug-likeness (QED) is 0.895. The molecule has 1 heterocycles. The van der Waals surface area contributed by atoms with E-state index in [1.165, 1.54) is 17.5 Å². The van der Waals surface area contributed by atoms with E-state index in [4.69, 9.17) is 4.74 Å². The van der Waals surface area contributed by atoms with Crippen LogP contribution in [-0.2, 0) is 18.3 Å². The van der Waals surface area contributed by atoms with Crippen LogP contribution in [0.4, 0.5) is 5.82 Å². The number of anilines is 1. The standard InChI is InChI=1S/C21H26N2O2/c1-21(2,3)16-11-9-14(10-12-16)20(24)23-19-18(25-4)13-15-7-5-6-8-17(15)22-19/h9-13H,5-8H2,1-4H3,(H,22,23,24). The summed E-state index contributed by atoms with van der Waals surface area (Å²) in [4.78, 5) is 17.3. The van der Waals surface area contributed by atoms with Gasteiger partial charge in [0.05, 0.1) is 7.11 Å². The number of hydrogen-bond acceptors (Lipinski definition) is 3. The van der Waals surface area contributed by atoms with E-state index in [1.54, 1.807) is 7.11 Å². The van der Waals surface area contributed by atoms with Crippen LogP contribution in [0.15, 0.2) is 30.3 Å². The first-order chi connectivity index (χ1) is 11.9. The van der Waals surface area contributed by atoms with Gasteiger partial charge >= 0.3 is 0 Å². The predicted molar refractivity (Wildman–Crippen MR) is 101 cm³/mol. The number of ether oxygens (including phenoxy) is 1. The second-order valence-electron chi connectivity index (χ2n) is 7.63. The van der Waals surface area contributed by atoms with Crippen LogP contribution in [0.5, 0.6) is 5.75 Å². The SMILES string of the molecule is COc1cc2c(nc1NC(=O)c1ccc(C(C)(C)C)cc1)CCCC2. The average Bonchev–Trinajstić information content (AvgIpc) is 2.60. The van der Waals surface area contributed by atoms with Gasteiger partial charge in [-0.05, 0) is 60.4 Å². The highest BCUT2D eigenvalue weighted by Gasteiger charge is 2.18. The van der Waals surface area contributed by atoms with E-state index in [0.29, 0.717) is 17.1 Å². The van der Waals surface area contributed by atoms with E-state index in [1.807, 2.05) is 30.3 Å². The van der Waals surface area contributed by atoms with Crippen LogP contribution in [0, 0.1) is 0 Å². The number of nitrogens with one attached hydrogen (secondary N) is 1. The van der Waals surface area contributed by atoms with E-state index in [0.717, 1.165) is 25.0 Å². The second-order valence-corrected chi connectivity index (χ2v) is 7.63. The Labute approximate surface area is 149 Å². The Morgan fingerprint density at radius 3 is 2.44 bits per heavy atom. The maximum Gasteiger partial charge on any atom is 0.256 e. The summed E-state index contributed by atoms with van der Waals surface area (Å²) in [7, 11) is 1.61. The second kappa shape index (κ2) is 6.87. The molecule has 0 unspecified atom stereocenters. The van der Waals surface area contributed by atoms with Gasteiger partial charge in [-0.25, -0.2) is 4.98 Å². The summed E-state index contributed by atoms with van der Waals surface area (Å²) < 4.78 is 5.43. The molecule has 2 aromatic rings. The van der Waals surface area contributed by atoms with E-state index < -0.39 is 0 Å². The van der Waals surface area contributed by atoms with Crippen LogP contribution in [0.3, 0.4) is 0 Å². The number of benzene rings is 1. The minimum absolute atomic E-state index is 0.0677. The van der Waals surface area contributed by atoms with Crippen molar-refractivity contribution in [3.05, 3.63) is 52.7 Å². The van der Waals surface area contributed by atoms with Crippen LogP contribution in [0.25, 0.3) is 0 Å². The third-order valence-corrected chi connectivity index (χ3v) is 4.73. The fraction of sp³-hybridized carbons (Fsp3) is 0.429. The number of fused-ring (bicyclic) bond motifs is 1. The molecule has 1 aromatic carbocycles. The topological polar surface area (TPSA) is 51.2 Å². The molecule has 132 valence electrons. The highest BCUT2D eigenvalue weighted by Crippen LogP contribution is 2.30. The van der Waals surface area contributed by atoms with Crippen molar-refractivity contribution >= 4 is 11.7 Å². The van der Waals surface area contributed by atoms with E-state index in [2.05, 4.69) is 31.1 Å². The normalized spacial score (nSPS) is 13.9. The van der Waals surface area contributed by atoms with Crippen molar-refractivity contribution in [1.82, 2.24) is 4.98 Å². The first-order valence-corrected chi connectivity index (χ1v) is 8.87. The molecule has 0 fully saturated rings. The number of pyridine rings is 1. The highest BCUT2D eigenvalue weighted by atomic mass is 16.5. The van der Waals surface area contributed by atoms with Gasteiger partial charge in [-0.3, -0.25) is 4.79 Å². The van der Waals surface area contributed by atoms with Crippen molar-refractivity contribution in [2.75, 3.05) is 12.4 Å². The van der Waals surface area contributed by atoms with E-state index in [9.17, 15) is 4.79 Å². The number of carbonyl (C=O) groups excluding carboxylic acids is 1. The van der Waals surface area contributed by atoms with Gasteiger partial charge in [0, 0.05) is 11.3 Å². The maximum absolute atomic E-state index is 12.6. The number of carbonyl (C=O) groups is 1. The molecule has 1 N–H and O–H groups in total. The van der Waals surface area contributed by atoms with Crippen molar-refractivity contribution in [2.24, 2.45) is 0 Å². The van der Waals surface area contributed by atoms with Crippen molar-refractivity contribution < 1.29 is 9.53 Å². The smallest absolute Gasteiger partial charge is 0.256 e. The zero-order chi connectivity index (χ0) is 18.0. The van der Waals surface area contributed by atoms with Gasteiger partial charge in [0.25, 0.3) is 5.91 Å². The number of methoxy groups -OCH3 is 1. The van der Waals surface area contributed by atoms with E-state index >= 15 is 0 Å². The molecule has 1 amide bonds. The molecule has 0 saturated carbocycles. The summed E-state index contributed by atoms with van der Waals surface area (Å²) in [5, 5.41) is 2.91. The largest absolute Gasteiger partial charge is 0.493 e. The fourth-order valence-corrected chi connectivity index (χ4v) is 3.16. The average molecular weight is 338 g/mol. The number of aromatic nitrogens is 1. The molecule has 4 nitrogen and oxygen atoms in total. The number of aryl methyl sites for hydroxylation is 2. The van der Waals surface area contributed by atoms with Crippen LogP contribution < -0.4 is 10.1 Å². The zero-order valence-electron chi connectivity index (χ0n) is 15.5. The Bertz CT molecular complexity index is 774. The molecule has 25 heavy (non-hydrogen) atoms. The highest BCUT2D eigenvalue weighted by molar-refractivity contribution is 6.04. The predicted octanol–water partition coefficient (Wildman–Crippen LogP) is 4.52. The summed E-state index contributed by atoms with van der Waals surface area (Å²) in [5.41, 5.74) is 4.20. The lowest BCUT2D eigenvalue weighted by Crippen LogP contribution is -2.17. The lowest BCUT2D eigenvalue weighted by Gasteiger charge is -2.19. The van der Waals surface area contributed by atoms with Crippen LogP contribution in [0.1, 0.15) is 60.8 Å². The number of nitrogens with zero attached hydrogens (tertiary/aromatic N) is 1. The molecular weight excluding hydrogens is 312 g/mol. The van der Waals surface area contributed by atoms with Crippen molar-refractivity contribution in [3.63, 3.8) is 0 Å². The third kappa shape index (κ3) is 3.84. The molecule has 0 saturated heterocycles. The van der Waals surface area contributed by atoms with Gasteiger partial charge < -0.3 is 10.1 Å². The van der Waals surface area contributed by atoms with Gasteiger partial charge in [0.15, 0.2) is 11.6 Å². The summed E-state index contributed by atoms with van der Waals surface area (Å²) in [6, 6.07) is 9.75. The zero-order valence-corrected chi connectivity index (χ0v) is 15.5. The van der Waals surface area contributed by atoms with Gasteiger partial charge in [-0.15, -0.1) is 0 Å². The molecule has 3 rings (SSSR count). The Balaban J connectivity index is 1.83. The van der Waals surface area contributed by atoms with Crippen molar-refractivity contribution in [3.8, 4) is 5.75 Å². The molecule has 1 aromatic heterocycles. The molecule has 0 bridgehead atoms. The summed E-state index contributed by atoms with van der Waals surface area (Å²) in [5.74, 6) is 0.968. The third-order valence-electron chi connectivity index (χ3n) is 4.73. The van der Waals surface area contributed by atoms with Crippen molar-refractivity contribution in [1.29, 1.82) is 0 Å². The number of hydrogen-bond donors (Lipinski definition) is 1. The molecule has 0 radical (unpaired) electrons. The van der Waals surface area contributed by atoms with Crippen LogP contribution in [0.2, 0.25) is 0 Å². The minimum atomic E-state index is -0.165. The van der Waals surface area contributed by atoms with Crippen LogP contribution >= 0.6 is 0 Å². The fourth-order valence-electron chi connectivity index (χ4n) is 3.16. The summed E-state index contributed by atoms with van der Waals surface area (Å²) >= 11 is 0. The van der Waals surface area contributed by atoms with E-state index in [-0.39, 0.29) is 11.3 Å². The molecular formula is C21H26N2O2. The lowest BCUT2D eigenvalue weighted by atomic mass is 9.87. The molecule has 0 spiro atoms. The summed E-state index contributed by atoms with van der Waals surface area (Å²) in [6.07, 6.45) is 4.32. The molecule has 0 aliphatic heterocycles. The first-order valence-electron chi connectivity index (χ1n) is 8.87. The van der Waals surface area contributed by atoms with Crippen LogP contribution in [-0.4, -0.2) is 18.0 Å². The summed E-state index contributed by atoms with van der Waals surface area (Å²) in [6.45, 7) is 6.47. The minimum Gasteiger partial charge on any atom is -0.493 e. The Hall–Kier alpha value is -2.36. The molecule has 1 aliphatic rings.